The first kappa shape index (κ1) is 16.6. The van der Waals surface area contributed by atoms with Gasteiger partial charge in [0, 0.05) is 17.0 Å². The van der Waals surface area contributed by atoms with Crippen LogP contribution in [-0.4, -0.2) is 15.8 Å². The summed E-state index contributed by atoms with van der Waals surface area (Å²) in [6.07, 6.45) is 4.18. The van der Waals surface area contributed by atoms with Gasteiger partial charge in [0.2, 0.25) is 0 Å². The fourth-order valence-corrected chi connectivity index (χ4v) is 4.25. The van der Waals surface area contributed by atoms with Gasteiger partial charge >= 0.3 is 6.09 Å². The Morgan fingerprint density at radius 2 is 1.71 bits per heavy atom. The van der Waals surface area contributed by atoms with E-state index in [4.69, 9.17) is 0 Å². The lowest BCUT2D eigenvalue weighted by Crippen LogP contribution is -2.14. The molecule has 1 aromatic heterocycles. The van der Waals surface area contributed by atoms with Gasteiger partial charge in [0.05, 0.1) is 5.52 Å². The van der Waals surface area contributed by atoms with E-state index in [1.807, 2.05) is 36.4 Å². The molecule has 1 N–H and O–H groups in total. The summed E-state index contributed by atoms with van der Waals surface area (Å²) in [4.78, 5) is 12.0. The van der Waals surface area contributed by atoms with Gasteiger partial charge in [-0.15, -0.1) is 0 Å². The van der Waals surface area contributed by atoms with E-state index in [1.54, 1.807) is 0 Å². The number of rotatable bonds is 3. The second-order valence-corrected chi connectivity index (χ2v) is 7.17. The minimum atomic E-state index is -0.946. The van der Waals surface area contributed by atoms with Crippen LogP contribution in [0.1, 0.15) is 33.9 Å². The van der Waals surface area contributed by atoms with E-state index in [0.717, 1.165) is 23.0 Å². The van der Waals surface area contributed by atoms with Crippen molar-refractivity contribution < 1.29 is 9.90 Å². The summed E-state index contributed by atoms with van der Waals surface area (Å²) in [5, 5.41) is 10.8. The molecule has 0 amide bonds. The third kappa shape index (κ3) is 2.64. The van der Waals surface area contributed by atoms with Crippen molar-refractivity contribution >= 4 is 23.1 Å². The van der Waals surface area contributed by atoms with E-state index in [1.165, 1.54) is 26.8 Å². The topological polar surface area (TPSA) is 42.2 Å². The monoisotopic (exact) mass is 365 g/mol. The molecule has 3 aromatic carbocycles. The van der Waals surface area contributed by atoms with E-state index in [2.05, 4.69) is 54.6 Å². The van der Waals surface area contributed by atoms with Crippen LogP contribution in [0.25, 0.3) is 17.0 Å². The van der Waals surface area contributed by atoms with Crippen LogP contribution in [-0.2, 0) is 6.42 Å². The lowest BCUT2D eigenvalue weighted by atomic mass is 9.92. The maximum absolute atomic E-state index is 12.0. The molecular formula is C25H19NO2. The highest BCUT2D eigenvalue weighted by Crippen LogP contribution is 2.39. The molecular weight excluding hydrogens is 346 g/mol. The van der Waals surface area contributed by atoms with Crippen molar-refractivity contribution in [2.24, 2.45) is 0 Å². The molecule has 1 atom stereocenters. The van der Waals surface area contributed by atoms with Crippen molar-refractivity contribution in [2.45, 2.75) is 12.3 Å². The average Bonchev–Trinajstić information content (AvgIpc) is 3.30. The zero-order valence-corrected chi connectivity index (χ0v) is 15.2. The molecule has 4 aromatic rings. The number of hydrogen-bond donors (Lipinski definition) is 1. The van der Waals surface area contributed by atoms with Gasteiger partial charge in [-0.3, -0.25) is 0 Å². The highest BCUT2D eigenvalue weighted by atomic mass is 16.4. The fourth-order valence-electron chi connectivity index (χ4n) is 4.25. The van der Waals surface area contributed by atoms with Crippen LogP contribution in [0.15, 0.2) is 84.9 Å². The summed E-state index contributed by atoms with van der Waals surface area (Å²) in [6.45, 7) is 0. The van der Waals surface area contributed by atoms with E-state index < -0.39 is 6.09 Å². The Balaban J connectivity index is 1.61. The minimum Gasteiger partial charge on any atom is -0.464 e. The first-order chi connectivity index (χ1) is 13.7. The quantitative estimate of drug-likeness (QED) is 0.490. The lowest BCUT2D eigenvalue weighted by molar-refractivity contribution is 0.196. The summed E-state index contributed by atoms with van der Waals surface area (Å²) < 4.78 is 1.42. The normalized spacial score (nSPS) is 15.1. The zero-order chi connectivity index (χ0) is 19.1. The maximum Gasteiger partial charge on any atom is 0.416 e. The van der Waals surface area contributed by atoms with Gasteiger partial charge in [-0.2, -0.15) is 0 Å². The molecule has 5 rings (SSSR count). The lowest BCUT2D eigenvalue weighted by Gasteiger charge is -2.15. The smallest absolute Gasteiger partial charge is 0.416 e. The molecule has 1 heterocycles. The minimum absolute atomic E-state index is 0.0609. The molecule has 0 bridgehead atoms. The number of carboxylic acid groups (broad SMARTS) is 1. The Hall–Kier alpha value is -3.59. The standard InChI is InChI=1S/C25H19NO2/c27-25(28)26-23-12-5-4-9-19(23)16-24(26)22-14-13-20-18(10-6-11-21(20)22)15-17-7-2-1-3-8-17/h1-14,16,22H,15H2,(H,27,28). The molecule has 1 aliphatic carbocycles. The van der Waals surface area contributed by atoms with Gasteiger partial charge in [-0.25, -0.2) is 9.36 Å². The Morgan fingerprint density at radius 1 is 0.929 bits per heavy atom. The van der Waals surface area contributed by atoms with Crippen LogP contribution >= 0.6 is 0 Å². The predicted molar refractivity (Wildman–Crippen MR) is 112 cm³/mol. The Kier molecular flexibility index (Phi) is 3.87. The van der Waals surface area contributed by atoms with Crippen LogP contribution in [0.5, 0.6) is 0 Å². The van der Waals surface area contributed by atoms with E-state index in [0.29, 0.717) is 0 Å². The van der Waals surface area contributed by atoms with E-state index in [-0.39, 0.29) is 5.92 Å². The predicted octanol–water partition coefficient (Wildman–Crippen LogP) is 5.92. The fraction of sp³-hybridized carbons (Fsp3) is 0.0800. The highest BCUT2D eigenvalue weighted by Gasteiger charge is 2.26. The summed E-state index contributed by atoms with van der Waals surface area (Å²) in [6, 6.07) is 26.4. The molecule has 0 radical (unpaired) electrons. The van der Waals surface area contributed by atoms with Gasteiger partial charge in [0.1, 0.15) is 0 Å². The van der Waals surface area contributed by atoms with Crippen molar-refractivity contribution in [3.63, 3.8) is 0 Å². The molecule has 0 fully saturated rings. The number of aromatic nitrogens is 1. The molecule has 28 heavy (non-hydrogen) atoms. The van der Waals surface area contributed by atoms with Gasteiger partial charge in [0.25, 0.3) is 0 Å². The molecule has 0 saturated carbocycles. The largest absolute Gasteiger partial charge is 0.464 e. The molecule has 1 aliphatic rings. The van der Waals surface area contributed by atoms with Crippen LogP contribution in [0.3, 0.4) is 0 Å². The van der Waals surface area contributed by atoms with Crippen LogP contribution in [0, 0.1) is 0 Å². The second kappa shape index (κ2) is 6.54. The maximum atomic E-state index is 12.0. The van der Waals surface area contributed by atoms with Crippen molar-refractivity contribution in [2.75, 3.05) is 0 Å². The van der Waals surface area contributed by atoms with Crippen molar-refractivity contribution in [1.82, 2.24) is 4.57 Å². The van der Waals surface area contributed by atoms with Gasteiger partial charge < -0.3 is 5.11 Å². The van der Waals surface area contributed by atoms with E-state index >= 15 is 0 Å². The van der Waals surface area contributed by atoms with E-state index in [9.17, 15) is 9.90 Å². The Labute approximate surface area is 163 Å². The van der Waals surface area contributed by atoms with Crippen LogP contribution in [0.2, 0.25) is 0 Å². The van der Waals surface area contributed by atoms with Gasteiger partial charge in [-0.05, 0) is 40.8 Å². The molecule has 0 saturated heterocycles. The number of benzene rings is 3. The highest BCUT2D eigenvalue weighted by molar-refractivity contribution is 5.91. The number of fused-ring (bicyclic) bond motifs is 2. The molecule has 0 aliphatic heterocycles. The number of carbonyl (C=O) groups is 1. The second-order valence-electron chi connectivity index (χ2n) is 7.17. The summed E-state index contributed by atoms with van der Waals surface area (Å²) in [5.74, 6) is -0.0609. The Morgan fingerprint density at radius 3 is 2.54 bits per heavy atom. The molecule has 1 unspecified atom stereocenters. The van der Waals surface area contributed by atoms with Crippen LogP contribution < -0.4 is 0 Å². The first-order valence-electron chi connectivity index (χ1n) is 9.40. The number of nitrogens with zero attached hydrogens (tertiary/aromatic N) is 1. The molecule has 3 nitrogen and oxygen atoms in total. The van der Waals surface area contributed by atoms with Gasteiger partial charge in [0.15, 0.2) is 0 Å². The SMILES string of the molecule is O=C(O)n1c(C2C=Cc3c(Cc4ccccc4)cccc32)cc2ccccc21. The first-order valence-corrected chi connectivity index (χ1v) is 9.40. The third-order valence-corrected chi connectivity index (χ3v) is 5.51. The summed E-state index contributed by atoms with van der Waals surface area (Å²) in [7, 11) is 0. The summed E-state index contributed by atoms with van der Waals surface area (Å²) >= 11 is 0. The van der Waals surface area contributed by atoms with Crippen molar-refractivity contribution in [1.29, 1.82) is 0 Å². The van der Waals surface area contributed by atoms with Crippen molar-refractivity contribution in [3.8, 4) is 0 Å². The number of allylic oxidation sites excluding steroid dienone is 1. The molecule has 0 spiro atoms. The molecule has 3 heteroatoms. The number of para-hydroxylation sites is 1. The van der Waals surface area contributed by atoms with Crippen LogP contribution in [0.4, 0.5) is 4.79 Å². The molecule has 136 valence electrons. The average molecular weight is 365 g/mol. The summed E-state index contributed by atoms with van der Waals surface area (Å²) in [5.41, 5.74) is 6.43. The number of hydrogen-bond acceptors (Lipinski definition) is 1. The van der Waals surface area contributed by atoms with Gasteiger partial charge in [-0.1, -0.05) is 78.9 Å². The van der Waals surface area contributed by atoms with Crippen molar-refractivity contribution in [3.05, 3.63) is 113 Å². The third-order valence-electron chi connectivity index (χ3n) is 5.51. The Bertz CT molecular complexity index is 1220. The zero-order valence-electron chi connectivity index (χ0n) is 15.2.